The van der Waals surface area contributed by atoms with Gasteiger partial charge in [0.2, 0.25) is 5.91 Å². The summed E-state index contributed by atoms with van der Waals surface area (Å²) in [5, 5.41) is 13.8. The van der Waals surface area contributed by atoms with Gasteiger partial charge in [0.25, 0.3) is 0 Å². The second-order valence-electron chi connectivity index (χ2n) is 4.73. The van der Waals surface area contributed by atoms with Crippen molar-refractivity contribution in [2.45, 2.75) is 31.8 Å². The Balaban J connectivity index is 2.45. The van der Waals surface area contributed by atoms with E-state index in [1.807, 2.05) is 0 Å². The molecule has 3 N–H and O–H groups in total. The van der Waals surface area contributed by atoms with Crippen molar-refractivity contribution in [2.75, 3.05) is 14.1 Å². The normalized spacial score (nSPS) is 17.5. The fourth-order valence-corrected chi connectivity index (χ4v) is 1.64. The number of nitrogens with one attached hydrogen (secondary N) is 2. The molecule has 0 radical (unpaired) electrons. The van der Waals surface area contributed by atoms with Crippen molar-refractivity contribution < 1.29 is 19.5 Å². The van der Waals surface area contributed by atoms with E-state index in [4.69, 9.17) is 5.11 Å². The highest BCUT2D eigenvalue weighted by molar-refractivity contribution is 5.88. The average Bonchev–Trinajstić information content (AvgIpc) is 3.07. The van der Waals surface area contributed by atoms with Crippen LogP contribution in [0.5, 0.6) is 0 Å². The predicted octanol–water partition coefficient (Wildman–Crippen LogP) is -0.374. The largest absolute Gasteiger partial charge is 0.480 e. The van der Waals surface area contributed by atoms with Gasteiger partial charge in [-0.1, -0.05) is 0 Å². The third kappa shape index (κ3) is 3.90. The summed E-state index contributed by atoms with van der Waals surface area (Å²) in [5.41, 5.74) is 0. The molecule has 0 aromatic heterocycles. The van der Waals surface area contributed by atoms with E-state index >= 15 is 0 Å². The number of likely N-dealkylation sites (N-methyl/N-ethyl adjacent to an activating group) is 1. The molecule has 0 spiro atoms. The fourth-order valence-electron chi connectivity index (χ4n) is 1.64. The number of amides is 3. The lowest BCUT2D eigenvalue weighted by Crippen LogP contribution is -2.52. The van der Waals surface area contributed by atoms with E-state index in [1.165, 1.54) is 4.90 Å². The Morgan fingerprint density at radius 2 is 1.78 bits per heavy atom. The standard InChI is InChI=1S/C11H19N3O4/c1-6(9(15)14(2)3)12-11(18)13-8(10(16)17)7-4-5-7/h6-8H,4-5H2,1-3H3,(H,16,17)(H2,12,13,18). The van der Waals surface area contributed by atoms with E-state index in [0.29, 0.717) is 0 Å². The molecule has 2 unspecified atom stereocenters. The summed E-state index contributed by atoms with van der Waals surface area (Å²) in [7, 11) is 3.17. The number of carboxylic acids is 1. The van der Waals surface area contributed by atoms with Crippen LogP contribution in [-0.4, -0.2) is 54.1 Å². The Kier molecular flexibility index (Phi) is 4.52. The maximum atomic E-state index is 11.6. The maximum absolute atomic E-state index is 11.6. The van der Waals surface area contributed by atoms with Crippen molar-refractivity contribution in [3.8, 4) is 0 Å². The molecule has 7 heteroatoms. The molecule has 1 fully saturated rings. The minimum absolute atomic E-state index is 0.00751. The first-order chi connectivity index (χ1) is 8.32. The van der Waals surface area contributed by atoms with Crippen molar-refractivity contribution in [1.82, 2.24) is 15.5 Å². The molecule has 0 heterocycles. The van der Waals surface area contributed by atoms with Crippen LogP contribution in [0.2, 0.25) is 0 Å². The lowest BCUT2D eigenvalue weighted by Gasteiger charge is -2.20. The third-order valence-electron chi connectivity index (χ3n) is 2.80. The van der Waals surface area contributed by atoms with Crippen molar-refractivity contribution >= 4 is 17.9 Å². The van der Waals surface area contributed by atoms with Gasteiger partial charge in [-0.2, -0.15) is 0 Å². The first-order valence-electron chi connectivity index (χ1n) is 5.84. The van der Waals surface area contributed by atoms with Crippen LogP contribution in [0.25, 0.3) is 0 Å². The summed E-state index contributed by atoms with van der Waals surface area (Å²) in [5.74, 6) is -1.28. The number of aliphatic carboxylic acids is 1. The quantitative estimate of drug-likeness (QED) is 0.625. The van der Waals surface area contributed by atoms with Crippen molar-refractivity contribution in [3.63, 3.8) is 0 Å². The molecule has 18 heavy (non-hydrogen) atoms. The molecule has 0 saturated heterocycles. The van der Waals surface area contributed by atoms with Crippen LogP contribution in [0.4, 0.5) is 4.79 Å². The molecule has 1 rings (SSSR count). The lowest BCUT2D eigenvalue weighted by molar-refractivity contribution is -0.139. The zero-order chi connectivity index (χ0) is 13.9. The van der Waals surface area contributed by atoms with Crippen LogP contribution in [-0.2, 0) is 9.59 Å². The average molecular weight is 257 g/mol. The summed E-state index contributed by atoms with van der Waals surface area (Å²) in [6.45, 7) is 1.55. The predicted molar refractivity (Wildman–Crippen MR) is 64.0 cm³/mol. The zero-order valence-corrected chi connectivity index (χ0v) is 10.8. The smallest absolute Gasteiger partial charge is 0.326 e. The molecule has 7 nitrogen and oxygen atoms in total. The SMILES string of the molecule is CC(NC(=O)NC(C(=O)O)C1CC1)C(=O)N(C)C. The Morgan fingerprint density at radius 3 is 2.17 bits per heavy atom. The first kappa shape index (κ1) is 14.3. The zero-order valence-electron chi connectivity index (χ0n) is 10.8. The van der Waals surface area contributed by atoms with Crippen LogP contribution in [0.3, 0.4) is 0 Å². The number of hydrogen-bond donors (Lipinski definition) is 3. The molecule has 0 aliphatic heterocycles. The molecule has 2 atom stereocenters. The topological polar surface area (TPSA) is 98.7 Å². The van der Waals surface area contributed by atoms with E-state index in [1.54, 1.807) is 21.0 Å². The third-order valence-corrected chi connectivity index (χ3v) is 2.80. The van der Waals surface area contributed by atoms with Gasteiger partial charge in [-0.25, -0.2) is 9.59 Å². The minimum Gasteiger partial charge on any atom is -0.480 e. The Morgan fingerprint density at radius 1 is 1.22 bits per heavy atom. The Labute approximate surface area is 106 Å². The van der Waals surface area contributed by atoms with Crippen LogP contribution in [0.1, 0.15) is 19.8 Å². The van der Waals surface area contributed by atoms with Gasteiger partial charge in [0.05, 0.1) is 0 Å². The van der Waals surface area contributed by atoms with Crippen LogP contribution in [0.15, 0.2) is 0 Å². The second-order valence-corrected chi connectivity index (χ2v) is 4.73. The maximum Gasteiger partial charge on any atom is 0.326 e. The summed E-state index contributed by atoms with van der Waals surface area (Å²) >= 11 is 0. The van der Waals surface area contributed by atoms with E-state index < -0.39 is 24.1 Å². The van der Waals surface area contributed by atoms with Crippen LogP contribution >= 0.6 is 0 Å². The first-order valence-corrected chi connectivity index (χ1v) is 5.84. The lowest BCUT2D eigenvalue weighted by atomic mass is 10.2. The summed E-state index contributed by atoms with van der Waals surface area (Å²) in [4.78, 5) is 35.4. The highest BCUT2D eigenvalue weighted by atomic mass is 16.4. The minimum atomic E-state index is -1.04. The van der Waals surface area contributed by atoms with Gasteiger partial charge in [0.1, 0.15) is 12.1 Å². The summed E-state index contributed by atoms with van der Waals surface area (Å²) < 4.78 is 0. The number of hydrogen-bond acceptors (Lipinski definition) is 3. The molecule has 0 aromatic carbocycles. The van der Waals surface area contributed by atoms with Crippen molar-refractivity contribution in [3.05, 3.63) is 0 Å². The fraction of sp³-hybridized carbons (Fsp3) is 0.727. The van der Waals surface area contributed by atoms with Gasteiger partial charge >= 0.3 is 12.0 Å². The van der Waals surface area contributed by atoms with Gasteiger partial charge in [-0.3, -0.25) is 4.79 Å². The van der Waals surface area contributed by atoms with Gasteiger partial charge in [-0.15, -0.1) is 0 Å². The van der Waals surface area contributed by atoms with Gasteiger partial charge in [0.15, 0.2) is 0 Å². The molecule has 0 aromatic rings. The molecular formula is C11H19N3O4. The highest BCUT2D eigenvalue weighted by Gasteiger charge is 2.37. The summed E-state index contributed by atoms with van der Waals surface area (Å²) in [6.07, 6.45) is 1.62. The molecular weight excluding hydrogens is 238 g/mol. The molecule has 102 valence electrons. The molecule has 3 amide bonds. The molecule has 1 aliphatic carbocycles. The van der Waals surface area contributed by atoms with E-state index in [2.05, 4.69) is 10.6 Å². The van der Waals surface area contributed by atoms with E-state index in [0.717, 1.165) is 12.8 Å². The van der Waals surface area contributed by atoms with Crippen molar-refractivity contribution in [2.24, 2.45) is 5.92 Å². The number of rotatable bonds is 5. The van der Waals surface area contributed by atoms with Gasteiger partial charge in [0, 0.05) is 14.1 Å². The molecule has 1 saturated carbocycles. The number of carbonyl (C=O) groups excluding carboxylic acids is 2. The Hall–Kier alpha value is -1.79. The molecule has 1 aliphatic rings. The Bertz CT molecular complexity index is 352. The second kappa shape index (κ2) is 5.70. The number of nitrogens with zero attached hydrogens (tertiary/aromatic N) is 1. The van der Waals surface area contributed by atoms with Crippen molar-refractivity contribution in [1.29, 1.82) is 0 Å². The van der Waals surface area contributed by atoms with E-state index in [-0.39, 0.29) is 11.8 Å². The van der Waals surface area contributed by atoms with E-state index in [9.17, 15) is 14.4 Å². The van der Waals surface area contributed by atoms with Gasteiger partial charge < -0.3 is 20.6 Å². The monoisotopic (exact) mass is 257 g/mol. The molecule has 0 bridgehead atoms. The van der Waals surface area contributed by atoms with Crippen LogP contribution in [0, 0.1) is 5.92 Å². The van der Waals surface area contributed by atoms with Gasteiger partial charge in [-0.05, 0) is 25.7 Å². The number of carboxylic acid groups (broad SMARTS) is 1. The number of carbonyl (C=O) groups is 3. The summed E-state index contributed by atoms with van der Waals surface area (Å²) in [6, 6.07) is -2.18. The number of urea groups is 1. The highest BCUT2D eigenvalue weighted by Crippen LogP contribution is 2.32. The van der Waals surface area contributed by atoms with Crippen LogP contribution < -0.4 is 10.6 Å².